The van der Waals surface area contributed by atoms with E-state index in [1.165, 1.54) is 11.8 Å². The van der Waals surface area contributed by atoms with Gasteiger partial charge in [0.05, 0.1) is 11.5 Å². The van der Waals surface area contributed by atoms with Crippen molar-refractivity contribution in [1.29, 1.82) is 0 Å². The van der Waals surface area contributed by atoms with E-state index < -0.39 is 15.6 Å². The van der Waals surface area contributed by atoms with Crippen molar-refractivity contribution in [2.45, 2.75) is 76.2 Å². The van der Waals surface area contributed by atoms with Crippen LogP contribution in [0.1, 0.15) is 88.0 Å². The zero-order valence-corrected chi connectivity index (χ0v) is 22.4. The van der Waals surface area contributed by atoms with Crippen molar-refractivity contribution in [3.63, 3.8) is 0 Å². The third-order valence-corrected chi connectivity index (χ3v) is 9.16. The molecule has 0 aliphatic carbocycles. The smallest absolute Gasteiger partial charge is 0.262 e. The van der Waals surface area contributed by atoms with Gasteiger partial charge in [-0.25, -0.2) is 8.42 Å². The summed E-state index contributed by atoms with van der Waals surface area (Å²) in [5, 5.41) is 0.562. The van der Waals surface area contributed by atoms with Crippen LogP contribution in [-0.2, 0) is 15.6 Å². The van der Waals surface area contributed by atoms with Gasteiger partial charge in [-0.15, -0.1) is 0 Å². The molecule has 2 aromatic carbocycles. The lowest BCUT2D eigenvalue weighted by atomic mass is 9.86. The molecule has 0 fully saturated rings. The molecule has 6 nitrogen and oxygen atoms in total. The molecule has 2 heterocycles. The Labute approximate surface area is 207 Å². The molecular weight excluding hydrogens is 466 g/mol. The molecule has 2 aliphatic rings. The largest absolute Gasteiger partial charge is 0.493 e. The number of amidine groups is 1. The number of nitrogens with two attached hydrogens (primary N) is 1. The average Bonchev–Trinajstić information content (AvgIpc) is 3.13. The SMILES string of the molecule is CC(C)c1cc(C(C)C)c(S(=O)(=O)Nc2ccc3c(c2)C2(CCO3)CSC(N)=N2)c(C(C)C)c1. The summed E-state index contributed by atoms with van der Waals surface area (Å²) in [5.41, 5.74) is 9.79. The second-order valence-corrected chi connectivity index (χ2v) is 12.8. The van der Waals surface area contributed by atoms with Gasteiger partial charge in [-0.05, 0) is 52.6 Å². The number of sulfonamides is 1. The predicted molar refractivity (Wildman–Crippen MR) is 142 cm³/mol. The van der Waals surface area contributed by atoms with E-state index in [1.54, 1.807) is 6.07 Å². The number of rotatable bonds is 6. The molecule has 3 N–H and O–H groups in total. The first kappa shape index (κ1) is 24.9. The molecular formula is C26H35N3O3S2. The first-order valence-corrected chi connectivity index (χ1v) is 14.4. The van der Waals surface area contributed by atoms with Crippen molar-refractivity contribution in [2.24, 2.45) is 10.7 Å². The van der Waals surface area contributed by atoms with Crippen LogP contribution in [0.5, 0.6) is 5.75 Å². The third-order valence-electron chi connectivity index (χ3n) is 6.64. The van der Waals surface area contributed by atoms with E-state index in [-0.39, 0.29) is 11.8 Å². The molecule has 8 heteroatoms. The molecule has 0 saturated carbocycles. The fraction of sp³-hybridized carbons (Fsp3) is 0.500. The summed E-state index contributed by atoms with van der Waals surface area (Å²) in [6.07, 6.45) is 0.718. The van der Waals surface area contributed by atoms with Crippen LogP contribution < -0.4 is 15.2 Å². The van der Waals surface area contributed by atoms with Crippen LogP contribution in [0.15, 0.2) is 40.2 Å². The van der Waals surface area contributed by atoms with Gasteiger partial charge in [0, 0.05) is 23.4 Å². The van der Waals surface area contributed by atoms with Gasteiger partial charge in [-0.2, -0.15) is 0 Å². The first-order chi connectivity index (χ1) is 15.9. The minimum atomic E-state index is -3.84. The van der Waals surface area contributed by atoms with E-state index in [0.717, 1.165) is 40.2 Å². The fourth-order valence-electron chi connectivity index (χ4n) is 4.69. The van der Waals surface area contributed by atoms with Gasteiger partial charge in [-0.3, -0.25) is 9.71 Å². The van der Waals surface area contributed by atoms with Gasteiger partial charge in [0.25, 0.3) is 10.0 Å². The molecule has 1 spiro atoms. The predicted octanol–water partition coefficient (Wildman–Crippen LogP) is 5.90. The summed E-state index contributed by atoms with van der Waals surface area (Å²) in [7, 11) is -3.84. The second-order valence-electron chi connectivity index (χ2n) is 10.2. The van der Waals surface area contributed by atoms with E-state index in [9.17, 15) is 8.42 Å². The average molecular weight is 502 g/mol. The second kappa shape index (κ2) is 9.11. The number of aliphatic imine (C=N–C) groups is 1. The number of nitrogens with zero attached hydrogens (tertiary/aromatic N) is 1. The summed E-state index contributed by atoms with van der Waals surface area (Å²) < 4.78 is 36.5. The van der Waals surface area contributed by atoms with E-state index in [1.807, 2.05) is 39.8 Å². The van der Waals surface area contributed by atoms with Crippen molar-refractivity contribution in [3.8, 4) is 5.75 Å². The van der Waals surface area contributed by atoms with Crippen molar-refractivity contribution >= 4 is 32.6 Å². The minimum Gasteiger partial charge on any atom is -0.493 e. The molecule has 184 valence electrons. The Bertz CT molecular complexity index is 1210. The number of ether oxygens (including phenoxy) is 1. The number of benzene rings is 2. The molecule has 0 bridgehead atoms. The molecule has 2 aliphatic heterocycles. The highest BCUT2D eigenvalue weighted by Crippen LogP contribution is 2.46. The summed E-state index contributed by atoms with van der Waals surface area (Å²) in [6, 6.07) is 9.56. The highest BCUT2D eigenvalue weighted by molar-refractivity contribution is 8.14. The molecule has 1 atom stereocenters. The molecule has 4 rings (SSSR count). The lowest BCUT2D eigenvalue weighted by molar-refractivity contribution is 0.232. The van der Waals surface area contributed by atoms with Gasteiger partial charge >= 0.3 is 0 Å². The standard InChI is InChI=1S/C26H35N3O3S2/c1-15(2)18-11-20(16(3)4)24(21(12-18)17(5)6)34(30,31)29-19-7-8-23-22(13-19)26(9-10-32-23)14-33-25(27)28-26/h7-8,11-13,15-17,29H,9-10,14H2,1-6H3,(H2,27,28). The maximum Gasteiger partial charge on any atom is 0.262 e. The van der Waals surface area contributed by atoms with Crippen molar-refractivity contribution in [1.82, 2.24) is 0 Å². The number of thioether (sulfide) groups is 1. The van der Waals surface area contributed by atoms with Crippen LogP contribution in [0.25, 0.3) is 0 Å². The Morgan fingerprint density at radius 3 is 2.21 bits per heavy atom. The highest BCUT2D eigenvalue weighted by atomic mass is 32.2. The quantitative estimate of drug-likeness (QED) is 0.514. The zero-order valence-electron chi connectivity index (χ0n) is 20.8. The molecule has 0 saturated heterocycles. The molecule has 0 radical (unpaired) electrons. The van der Waals surface area contributed by atoms with Crippen LogP contribution in [-0.4, -0.2) is 25.9 Å². The summed E-state index contributed by atoms with van der Waals surface area (Å²) in [4.78, 5) is 5.11. The summed E-state index contributed by atoms with van der Waals surface area (Å²) in [6.45, 7) is 13.0. The van der Waals surface area contributed by atoms with Crippen LogP contribution in [0.4, 0.5) is 5.69 Å². The Balaban J connectivity index is 1.80. The maximum absolute atomic E-state index is 13.9. The first-order valence-electron chi connectivity index (χ1n) is 11.9. The lowest BCUT2D eigenvalue weighted by Crippen LogP contribution is -2.32. The van der Waals surface area contributed by atoms with Crippen LogP contribution in [0.3, 0.4) is 0 Å². The number of nitrogens with one attached hydrogen (secondary N) is 1. The molecule has 1 unspecified atom stereocenters. The van der Waals surface area contributed by atoms with Gasteiger partial charge in [0.1, 0.15) is 11.3 Å². The number of fused-ring (bicyclic) bond motifs is 2. The van der Waals surface area contributed by atoms with Crippen LogP contribution in [0.2, 0.25) is 0 Å². The van der Waals surface area contributed by atoms with E-state index in [0.29, 0.717) is 28.3 Å². The molecule has 2 aromatic rings. The lowest BCUT2D eigenvalue weighted by Gasteiger charge is -2.32. The van der Waals surface area contributed by atoms with E-state index >= 15 is 0 Å². The number of hydrogen-bond donors (Lipinski definition) is 2. The highest BCUT2D eigenvalue weighted by Gasteiger charge is 2.42. The van der Waals surface area contributed by atoms with Gasteiger partial charge < -0.3 is 10.5 Å². The zero-order chi connectivity index (χ0) is 24.8. The molecule has 0 amide bonds. The topological polar surface area (TPSA) is 93.8 Å². The van der Waals surface area contributed by atoms with Crippen molar-refractivity contribution < 1.29 is 13.2 Å². The summed E-state index contributed by atoms with van der Waals surface area (Å²) in [5.74, 6) is 1.91. The van der Waals surface area contributed by atoms with E-state index in [2.05, 4.69) is 30.7 Å². The number of anilines is 1. The van der Waals surface area contributed by atoms with Gasteiger partial charge in [-0.1, -0.05) is 65.4 Å². The van der Waals surface area contributed by atoms with Crippen molar-refractivity contribution in [2.75, 3.05) is 17.1 Å². The van der Waals surface area contributed by atoms with Gasteiger partial charge in [0.2, 0.25) is 0 Å². The van der Waals surface area contributed by atoms with Crippen molar-refractivity contribution in [3.05, 3.63) is 52.6 Å². The van der Waals surface area contributed by atoms with Gasteiger partial charge in [0.15, 0.2) is 5.17 Å². The molecule has 34 heavy (non-hydrogen) atoms. The third kappa shape index (κ3) is 4.54. The van der Waals surface area contributed by atoms with Crippen LogP contribution in [0, 0.1) is 0 Å². The summed E-state index contributed by atoms with van der Waals surface area (Å²) >= 11 is 1.53. The molecule has 0 aromatic heterocycles. The normalized spacial score (nSPS) is 20.1. The fourth-order valence-corrected chi connectivity index (χ4v) is 7.43. The Kier molecular flexibility index (Phi) is 6.68. The van der Waals surface area contributed by atoms with Crippen LogP contribution >= 0.6 is 11.8 Å². The maximum atomic E-state index is 13.9. The Morgan fingerprint density at radius 2 is 1.68 bits per heavy atom. The van der Waals surface area contributed by atoms with E-state index in [4.69, 9.17) is 15.5 Å². The Hall–Kier alpha value is -2.19. The monoisotopic (exact) mass is 501 g/mol. The number of hydrogen-bond acceptors (Lipinski definition) is 6. The minimum absolute atomic E-state index is 0.0656. The Morgan fingerprint density at radius 1 is 1.03 bits per heavy atom.